The summed E-state index contributed by atoms with van der Waals surface area (Å²) < 4.78 is 11.1. The zero-order chi connectivity index (χ0) is 22.7. The Morgan fingerprint density at radius 1 is 1.24 bits per heavy atom. The van der Waals surface area contributed by atoms with Gasteiger partial charge in [0.15, 0.2) is 5.96 Å². The summed E-state index contributed by atoms with van der Waals surface area (Å²) >= 11 is 0. The van der Waals surface area contributed by atoms with Crippen LogP contribution in [-0.2, 0) is 9.47 Å². The number of amides is 1. The number of benzene rings is 1. The number of carbonyl (C=O) groups is 1. The molecule has 1 aromatic rings. The van der Waals surface area contributed by atoms with Crippen LogP contribution < -0.4 is 5.32 Å². The fourth-order valence-corrected chi connectivity index (χ4v) is 4.64. The highest BCUT2D eigenvalue weighted by atomic mass is 127. The number of hydrogen-bond donors (Lipinski definition) is 1. The van der Waals surface area contributed by atoms with Gasteiger partial charge in [-0.05, 0) is 33.3 Å². The Morgan fingerprint density at radius 2 is 2.00 bits per heavy atom. The number of carbonyl (C=O) groups excluding carboxylic acids is 1. The van der Waals surface area contributed by atoms with Crippen LogP contribution in [0.4, 0.5) is 4.79 Å². The minimum absolute atomic E-state index is 0. The number of ether oxygens (including phenoxy) is 2. The van der Waals surface area contributed by atoms with Crippen molar-refractivity contribution in [2.75, 3.05) is 59.0 Å². The Labute approximate surface area is 214 Å². The molecule has 1 amide bonds. The molecule has 1 N–H and O–H groups in total. The van der Waals surface area contributed by atoms with Gasteiger partial charge in [0.25, 0.3) is 0 Å². The number of nitrogens with one attached hydrogen (secondary N) is 1. The molecule has 0 radical (unpaired) electrons. The lowest BCUT2D eigenvalue weighted by Gasteiger charge is -2.40. The molecule has 4 rings (SSSR count). The van der Waals surface area contributed by atoms with Gasteiger partial charge in [-0.3, -0.25) is 9.89 Å². The van der Waals surface area contributed by atoms with Gasteiger partial charge in [0.1, 0.15) is 5.60 Å². The molecule has 0 saturated carbocycles. The van der Waals surface area contributed by atoms with E-state index in [1.807, 2.05) is 25.7 Å². The van der Waals surface area contributed by atoms with Gasteiger partial charge >= 0.3 is 6.09 Å². The van der Waals surface area contributed by atoms with Crippen molar-refractivity contribution in [3.8, 4) is 0 Å². The molecule has 3 aliphatic rings. The van der Waals surface area contributed by atoms with Gasteiger partial charge in [-0.25, -0.2) is 4.79 Å². The Morgan fingerprint density at radius 3 is 2.70 bits per heavy atom. The number of piperazine rings is 1. The van der Waals surface area contributed by atoms with Crippen LogP contribution in [0.25, 0.3) is 0 Å². The highest BCUT2D eigenvalue weighted by molar-refractivity contribution is 14.0. The van der Waals surface area contributed by atoms with E-state index in [1.54, 1.807) is 0 Å². The van der Waals surface area contributed by atoms with Crippen LogP contribution in [0.2, 0.25) is 0 Å². The van der Waals surface area contributed by atoms with E-state index in [0.29, 0.717) is 19.6 Å². The number of guanidine groups is 1. The highest BCUT2D eigenvalue weighted by Crippen LogP contribution is 2.24. The number of rotatable bonds is 4. The Hall–Kier alpha value is -1.59. The molecule has 8 nitrogen and oxygen atoms in total. The van der Waals surface area contributed by atoms with Gasteiger partial charge in [-0.1, -0.05) is 29.8 Å². The van der Waals surface area contributed by atoms with Crippen LogP contribution in [-0.4, -0.2) is 97.4 Å². The molecular formula is C24H38IN5O3. The van der Waals surface area contributed by atoms with E-state index in [4.69, 9.17) is 14.5 Å². The lowest BCUT2D eigenvalue weighted by molar-refractivity contribution is 0.0129. The van der Waals surface area contributed by atoms with E-state index in [-0.39, 0.29) is 42.2 Å². The summed E-state index contributed by atoms with van der Waals surface area (Å²) in [6.07, 6.45) is -0.231. The number of morpholine rings is 1. The topological polar surface area (TPSA) is 69.6 Å². The number of nitrogens with zero attached hydrogens (tertiary/aromatic N) is 4. The van der Waals surface area contributed by atoms with Crippen molar-refractivity contribution in [2.45, 2.75) is 45.4 Å². The summed E-state index contributed by atoms with van der Waals surface area (Å²) in [4.78, 5) is 23.9. The average Bonchev–Trinajstić information content (AvgIpc) is 3.16. The predicted molar refractivity (Wildman–Crippen MR) is 140 cm³/mol. The van der Waals surface area contributed by atoms with E-state index in [1.165, 1.54) is 11.1 Å². The minimum atomic E-state index is -0.475. The van der Waals surface area contributed by atoms with Crippen molar-refractivity contribution >= 4 is 36.0 Å². The van der Waals surface area contributed by atoms with Crippen LogP contribution in [0.1, 0.15) is 37.9 Å². The summed E-state index contributed by atoms with van der Waals surface area (Å²) in [6, 6.07) is 9.25. The molecule has 9 heteroatoms. The molecule has 0 aromatic heterocycles. The lowest BCUT2D eigenvalue weighted by Crippen LogP contribution is -2.58. The Bertz CT molecular complexity index is 838. The second-order valence-electron chi connectivity index (χ2n) is 9.90. The van der Waals surface area contributed by atoms with Gasteiger partial charge < -0.3 is 24.6 Å². The van der Waals surface area contributed by atoms with E-state index in [2.05, 4.69) is 46.3 Å². The van der Waals surface area contributed by atoms with Crippen LogP contribution in [0.15, 0.2) is 29.3 Å². The Balaban J connectivity index is 0.00000306. The first kappa shape index (κ1) is 26.0. The fraction of sp³-hybridized carbons (Fsp3) is 0.667. The summed E-state index contributed by atoms with van der Waals surface area (Å²) in [5.41, 5.74) is 2.12. The smallest absolute Gasteiger partial charge is 0.410 e. The van der Waals surface area contributed by atoms with E-state index in [9.17, 15) is 4.79 Å². The largest absolute Gasteiger partial charge is 0.444 e. The molecule has 3 heterocycles. The number of hydrogen-bond acceptors (Lipinski definition) is 7. The maximum absolute atomic E-state index is 12.5. The molecule has 2 atom stereocenters. The number of halogens is 1. The minimum Gasteiger partial charge on any atom is -0.444 e. The van der Waals surface area contributed by atoms with Gasteiger partial charge in [-0.15, -0.1) is 24.0 Å². The third-order valence-corrected chi connectivity index (χ3v) is 6.23. The fourth-order valence-electron chi connectivity index (χ4n) is 4.64. The van der Waals surface area contributed by atoms with Gasteiger partial charge in [0.2, 0.25) is 0 Å². The first-order chi connectivity index (χ1) is 15.3. The van der Waals surface area contributed by atoms with E-state index < -0.39 is 5.60 Å². The summed E-state index contributed by atoms with van der Waals surface area (Å²) in [7, 11) is 0. The highest BCUT2D eigenvalue weighted by Gasteiger charge is 2.36. The molecule has 2 fully saturated rings. The maximum Gasteiger partial charge on any atom is 0.410 e. The van der Waals surface area contributed by atoms with Crippen molar-refractivity contribution in [1.29, 1.82) is 0 Å². The van der Waals surface area contributed by atoms with Crippen LogP contribution in [0.5, 0.6) is 0 Å². The molecule has 184 valence electrons. The van der Waals surface area contributed by atoms with E-state index >= 15 is 0 Å². The van der Waals surface area contributed by atoms with Crippen molar-refractivity contribution in [1.82, 2.24) is 20.0 Å². The lowest BCUT2D eigenvalue weighted by atomic mass is 10.0. The van der Waals surface area contributed by atoms with Crippen LogP contribution in [0, 0.1) is 6.92 Å². The number of aryl methyl sites for hydroxylation is 1. The zero-order valence-electron chi connectivity index (χ0n) is 20.2. The number of aliphatic imine (C=N–C) groups is 1. The third kappa shape index (κ3) is 6.73. The SMILES string of the molecule is Cc1cccc(C(CNC2=NCC3CN(C(=O)OC(C)(C)C)CCN23)N2CCOCC2)c1.I. The van der Waals surface area contributed by atoms with Gasteiger partial charge in [-0.2, -0.15) is 0 Å². The molecule has 0 spiro atoms. The predicted octanol–water partition coefficient (Wildman–Crippen LogP) is 2.87. The summed E-state index contributed by atoms with van der Waals surface area (Å²) in [5.74, 6) is 0.949. The average molecular weight is 572 g/mol. The monoisotopic (exact) mass is 571 g/mol. The first-order valence-electron chi connectivity index (χ1n) is 11.7. The molecule has 33 heavy (non-hydrogen) atoms. The van der Waals surface area contributed by atoms with Crippen LogP contribution in [0.3, 0.4) is 0 Å². The standard InChI is InChI=1S/C24H37N5O3.HI/c1-18-6-5-7-19(14-18)21(27-10-12-31-13-11-27)16-26-22-25-15-20-17-28(8-9-29(20)22)23(30)32-24(2,3)4;/h5-7,14,20-21H,8-13,15-17H2,1-4H3,(H,25,26);1H. The summed E-state index contributed by atoms with van der Waals surface area (Å²) in [5, 5.41) is 3.64. The molecule has 2 unspecified atom stereocenters. The maximum atomic E-state index is 12.5. The molecule has 1 aromatic carbocycles. The van der Waals surface area contributed by atoms with Crippen LogP contribution >= 0.6 is 24.0 Å². The molecule has 3 aliphatic heterocycles. The van der Waals surface area contributed by atoms with Crippen molar-refractivity contribution < 1.29 is 14.3 Å². The van der Waals surface area contributed by atoms with Crippen molar-refractivity contribution in [3.63, 3.8) is 0 Å². The van der Waals surface area contributed by atoms with Crippen molar-refractivity contribution in [3.05, 3.63) is 35.4 Å². The second-order valence-corrected chi connectivity index (χ2v) is 9.90. The third-order valence-electron chi connectivity index (χ3n) is 6.23. The van der Waals surface area contributed by atoms with Gasteiger partial charge in [0, 0.05) is 39.3 Å². The van der Waals surface area contributed by atoms with Crippen molar-refractivity contribution in [2.24, 2.45) is 4.99 Å². The summed E-state index contributed by atoms with van der Waals surface area (Å²) in [6.45, 7) is 14.8. The molecule has 0 bridgehead atoms. The second kappa shape index (κ2) is 11.2. The first-order valence-corrected chi connectivity index (χ1v) is 11.7. The quantitative estimate of drug-likeness (QED) is 0.561. The Kier molecular flexibility index (Phi) is 8.85. The van der Waals surface area contributed by atoms with Gasteiger partial charge in [0.05, 0.1) is 31.8 Å². The normalized spacial score (nSPS) is 22.2. The number of fused-ring (bicyclic) bond motifs is 1. The zero-order valence-corrected chi connectivity index (χ0v) is 22.6. The molecule has 0 aliphatic carbocycles. The molecular weight excluding hydrogens is 533 g/mol. The molecule has 2 saturated heterocycles. The van der Waals surface area contributed by atoms with E-state index in [0.717, 1.165) is 45.4 Å².